The lowest BCUT2D eigenvalue weighted by Gasteiger charge is -2.06. The fourth-order valence-electron chi connectivity index (χ4n) is 2.48. The van der Waals surface area contributed by atoms with Gasteiger partial charge in [-0.2, -0.15) is 0 Å². The number of carboxylic acids is 1. The number of hydrogen-bond donors (Lipinski definition) is 2. The van der Waals surface area contributed by atoms with Gasteiger partial charge in [0.25, 0.3) is 0 Å². The van der Waals surface area contributed by atoms with Gasteiger partial charge in [0.15, 0.2) is 5.69 Å². The van der Waals surface area contributed by atoms with E-state index in [1.165, 1.54) is 4.40 Å². The zero-order chi connectivity index (χ0) is 16.0. The van der Waals surface area contributed by atoms with Crippen molar-refractivity contribution in [3.05, 3.63) is 57.3 Å². The zero-order valence-corrected chi connectivity index (χ0v) is 12.5. The fraction of sp³-hybridized carbons (Fsp3) is 0.188. The quantitative estimate of drug-likeness (QED) is 0.760. The first-order valence-electron chi connectivity index (χ1n) is 6.82. The summed E-state index contributed by atoms with van der Waals surface area (Å²) >= 11 is 0. The molecule has 6 heteroatoms. The molecule has 2 heterocycles. The molecule has 22 heavy (non-hydrogen) atoms. The lowest BCUT2D eigenvalue weighted by Crippen LogP contribution is -2.18. The molecule has 0 atom stereocenters. The summed E-state index contributed by atoms with van der Waals surface area (Å²) in [5, 5.41) is 9.12. The molecule has 0 unspecified atom stereocenters. The van der Waals surface area contributed by atoms with Crippen LogP contribution >= 0.6 is 0 Å². The molecule has 3 rings (SSSR count). The molecule has 6 nitrogen and oxygen atoms in total. The number of fused-ring (bicyclic) bond motifs is 1. The third-order valence-corrected chi connectivity index (χ3v) is 3.87. The predicted molar refractivity (Wildman–Crippen MR) is 82.4 cm³/mol. The number of carbonyl (C=O) groups is 1. The Bertz CT molecular complexity index is 967. The number of imidazole rings is 1. The minimum absolute atomic E-state index is 0.109. The summed E-state index contributed by atoms with van der Waals surface area (Å²) in [6.07, 6.45) is 0. The molecule has 0 saturated carbocycles. The number of aromatic amines is 1. The van der Waals surface area contributed by atoms with Crippen LogP contribution in [-0.2, 0) is 0 Å². The van der Waals surface area contributed by atoms with E-state index in [0.29, 0.717) is 17.0 Å². The molecule has 112 valence electrons. The van der Waals surface area contributed by atoms with Gasteiger partial charge in [-0.05, 0) is 43.5 Å². The summed E-state index contributed by atoms with van der Waals surface area (Å²) in [7, 11) is 0. The van der Waals surface area contributed by atoms with E-state index in [1.54, 1.807) is 13.0 Å². The van der Waals surface area contributed by atoms with E-state index < -0.39 is 11.7 Å². The summed E-state index contributed by atoms with van der Waals surface area (Å²) in [5.41, 5.74) is 3.89. The third-order valence-electron chi connectivity index (χ3n) is 3.87. The van der Waals surface area contributed by atoms with Crippen molar-refractivity contribution in [2.24, 2.45) is 0 Å². The minimum atomic E-state index is -1.15. The molecule has 0 radical (unpaired) electrons. The zero-order valence-electron chi connectivity index (χ0n) is 12.5. The summed E-state index contributed by atoms with van der Waals surface area (Å²) < 4.78 is 1.27. The average molecular weight is 297 g/mol. The second kappa shape index (κ2) is 4.84. The molecule has 0 spiro atoms. The SMILES string of the molecule is Cc1ccc(-c2cc3nc(C(=O)O)c(C)n3c(=O)[nH]2)cc1C. The first-order chi connectivity index (χ1) is 10.4. The van der Waals surface area contributed by atoms with Crippen molar-refractivity contribution < 1.29 is 9.90 Å². The van der Waals surface area contributed by atoms with E-state index in [4.69, 9.17) is 5.11 Å². The second-order valence-corrected chi connectivity index (χ2v) is 5.33. The summed E-state index contributed by atoms with van der Waals surface area (Å²) in [6, 6.07) is 7.56. The molecular formula is C16H15N3O3. The van der Waals surface area contributed by atoms with Crippen molar-refractivity contribution >= 4 is 11.6 Å². The highest BCUT2D eigenvalue weighted by Gasteiger charge is 2.17. The van der Waals surface area contributed by atoms with Crippen molar-refractivity contribution in [3.8, 4) is 11.3 Å². The smallest absolute Gasteiger partial charge is 0.356 e. The van der Waals surface area contributed by atoms with E-state index in [1.807, 2.05) is 32.0 Å². The van der Waals surface area contributed by atoms with Crippen LogP contribution in [-0.4, -0.2) is 25.4 Å². The molecule has 1 aromatic carbocycles. The number of nitrogens with zero attached hydrogens (tertiary/aromatic N) is 2. The first-order valence-corrected chi connectivity index (χ1v) is 6.82. The molecule has 0 aliphatic heterocycles. The van der Waals surface area contributed by atoms with Gasteiger partial charge in [0.2, 0.25) is 0 Å². The Morgan fingerprint density at radius 3 is 2.55 bits per heavy atom. The molecule has 0 fully saturated rings. The Labute approximate surface area is 126 Å². The van der Waals surface area contributed by atoms with Gasteiger partial charge in [0, 0.05) is 6.07 Å². The van der Waals surface area contributed by atoms with Gasteiger partial charge in [0.1, 0.15) is 5.65 Å². The highest BCUT2D eigenvalue weighted by molar-refractivity contribution is 5.88. The molecule has 0 aliphatic rings. The van der Waals surface area contributed by atoms with Crippen LogP contribution in [0.15, 0.2) is 29.1 Å². The normalized spacial score (nSPS) is 11.0. The maximum atomic E-state index is 12.3. The van der Waals surface area contributed by atoms with Crippen LogP contribution in [0.2, 0.25) is 0 Å². The number of H-pyrrole nitrogens is 1. The number of carboxylic acid groups (broad SMARTS) is 1. The van der Waals surface area contributed by atoms with Crippen LogP contribution in [0.5, 0.6) is 0 Å². The van der Waals surface area contributed by atoms with Crippen molar-refractivity contribution in [2.75, 3.05) is 0 Å². The maximum absolute atomic E-state index is 12.3. The third kappa shape index (κ3) is 2.09. The number of nitrogens with one attached hydrogen (secondary N) is 1. The van der Waals surface area contributed by atoms with E-state index in [0.717, 1.165) is 16.7 Å². The largest absolute Gasteiger partial charge is 0.476 e. The summed E-state index contributed by atoms with van der Waals surface area (Å²) in [5.74, 6) is -1.15. The molecule has 3 aromatic rings. The number of aryl methyl sites for hydroxylation is 3. The Morgan fingerprint density at radius 2 is 1.91 bits per heavy atom. The fourth-order valence-corrected chi connectivity index (χ4v) is 2.48. The first kappa shape index (κ1) is 14.1. The predicted octanol–water partition coefficient (Wildman–Crippen LogP) is 2.31. The van der Waals surface area contributed by atoms with Crippen LogP contribution in [0.4, 0.5) is 0 Å². The van der Waals surface area contributed by atoms with Crippen LogP contribution in [0.1, 0.15) is 27.3 Å². The van der Waals surface area contributed by atoms with Crippen LogP contribution in [0, 0.1) is 20.8 Å². The molecule has 2 N–H and O–H groups in total. The number of aromatic nitrogens is 3. The van der Waals surface area contributed by atoms with Gasteiger partial charge < -0.3 is 10.1 Å². The molecular weight excluding hydrogens is 282 g/mol. The van der Waals surface area contributed by atoms with Gasteiger partial charge in [-0.3, -0.25) is 0 Å². The van der Waals surface area contributed by atoms with Crippen molar-refractivity contribution in [2.45, 2.75) is 20.8 Å². The summed E-state index contributed by atoms with van der Waals surface area (Å²) in [6.45, 7) is 5.58. The van der Waals surface area contributed by atoms with Crippen molar-refractivity contribution in [1.82, 2.24) is 14.4 Å². The minimum Gasteiger partial charge on any atom is -0.476 e. The molecule has 2 aromatic heterocycles. The van der Waals surface area contributed by atoms with E-state index in [9.17, 15) is 9.59 Å². The maximum Gasteiger partial charge on any atom is 0.356 e. The standard InChI is InChI=1S/C16H15N3O3/c1-8-4-5-11(6-9(8)2)12-7-13-18-14(15(20)21)10(3)19(13)16(22)17-12/h4-7H,1-3H3,(H,17,22)(H,20,21). The number of benzene rings is 1. The highest BCUT2D eigenvalue weighted by Crippen LogP contribution is 2.21. The van der Waals surface area contributed by atoms with Crippen LogP contribution < -0.4 is 5.69 Å². The monoisotopic (exact) mass is 297 g/mol. The Kier molecular flexibility index (Phi) is 3.09. The Hall–Kier alpha value is -2.89. The van der Waals surface area contributed by atoms with Gasteiger partial charge in [-0.1, -0.05) is 12.1 Å². The van der Waals surface area contributed by atoms with Crippen LogP contribution in [0.3, 0.4) is 0 Å². The van der Waals surface area contributed by atoms with Gasteiger partial charge >= 0.3 is 11.7 Å². The van der Waals surface area contributed by atoms with E-state index >= 15 is 0 Å². The highest BCUT2D eigenvalue weighted by atomic mass is 16.4. The summed E-state index contributed by atoms with van der Waals surface area (Å²) in [4.78, 5) is 30.2. The lowest BCUT2D eigenvalue weighted by atomic mass is 10.0. The number of hydrogen-bond acceptors (Lipinski definition) is 3. The van der Waals surface area contributed by atoms with Gasteiger partial charge in [0.05, 0.1) is 11.4 Å². The molecule has 0 saturated heterocycles. The van der Waals surface area contributed by atoms with E-state index in [-0.39, 0.29) is 5.69 Å². The topological polar surface area (TPSA) is 87.5 Å². The van der Waals surface area contributed by atoms with Gasteiger partial charge in [-0.15, -0.1) is 0 Å². The molecule has 0 aliphatic carbocycles. The molecule has 0 amide bonds. The molecule has 0 bridgehead atoms. The van der Waals surface area contributed by atoms with E-state index in [2.05, 4.69) is 9.97 Å². The van der Waals surface area contributed by atoms with Crippen molar-refractivity contribution in [1.29, 1.82) is 0 Å². The van der Waals surface area contributed by atoms with Crippen molar-refractivity contribution in [3.63, 3.8) is 0 Å². The lowest BCUT2D eigenvalue weighted by molar-refractivity contribution is 0.0690. The Balaban J connectivity index is 2.27. The van der Waals surface area contributed by atoms with Crippen LogP contribution in [0.25, 0.3) is 16.9 Å². The number of rotatable bonds is 2. The second-order valence-electron chi connectivity index (χ2n) is 5.33. The number of aromatic carboxylic acids is 1. The van der Waals surface area contributed by atoms with Gasteiger partial charge in [-0.25, -0.2) is 19.0 Å². The Morgan fingerprint density at radius 1 is 1.18 bits per heavy atom. The average Bonchev–Trinajstić information content (AvgIpc) is 2.79.